The van der Waals surface area contributed by atoms with Crippen LogP contribution in [0.2, 0.25) is 0 Å². The fraction of sp³-hybridized carbons (Fsp3) is 0.412. The van der Waals surface area contributed by atoms with Crippen molar-refractivity contribution in [2.24, 2.45) is 7.05 Å². The highest BCUT2D eigenvalue weighted by atomic mass is 32.1. The standard InChI is InChI=1S/C17H21N5OS/c1-21-12-14(8-20-21)22-6-2-4-13(11-22)18-9-15-10-19-17(24-15)16-5-3-7-23-16/h3,5,7-8,10,12-13,18H,2,4,6,9,11H2,1H3. The molecule has 24 heavy (non-hydrogen) atoms. The molecule has 4 heterocycles. The van der Waals surface area contributed by atoms with Crippen molar-refractivity contribution in [3.63, 3.8) is 0 Å². The third-order valence-electron chi connectivity index (χ3n) is 4.33. The quantitative estimate of drug-likeness (QED) is 0.772. The second kappa shape index (κ2) is 6.78. The molecule has 0 saturated carbocycles. The summed E-state index contributed by atoms with van der Waals surface area (Å²) < 4.78 is 7.27. The zero-order chi connectivity index (χ0) is 16.4. The smallest absolute Gasteiger partial charge is 0.162 e. The number of aryl methyl sites for hydroxylation is 1. The molecule has 0 spiro atoms. The van der Waals surface area contributed by atoms with Crippen molar-refractivity contribution in [2.75, 3.05) is 18.0 Å². The van der Waals surface area contributed by atoms with Gasteiger partial charge in [0, 0.05) is 50.0 Å². The van der Waals surface area contributed by atoms with Crippen molar-refractivity contribution >= 4 is 17.0 Å². The maximum absolute atomic E-state index is 5.41. The van der Waals surface area contributed by atoms with E-state index in [1.165, 1.54) is 23.4 Å². The minimum atomic E-state index is 0.494. The second-order valence-corrected chi connectivity index (χ2v) is 7.26. The van der Waals surface area contributed by atoms with E-state index in [1.807, 2.05) is 36.3 Å². The van der Waals surface area contributed by atoms with Crippen LogP contribution in [0.1, 0.15) is 17.7 Å². The molecule has 6 nitrogen and oxygen atoms in total. The maximum Gasteiger partial charge on any atom is 0.162 e. The summed E-state index contributed by atoms with van der Waals surface area (Å²) in [5.74, 6) is 0.840. The van der Waals surface area contributed by atoms with Crippen LogP contribution in [0, 0.1) is 0 Å². The predicted molar refractivity (Wildman–Crippen MR) is 95.1 cm³/mol. The molecule has 7 heteroatoms. The Hall–Kier alpha value is -2.12. The van der Waals surface area contributed by atoms with E-state index in [1.54, 1.807) is 17.6 Å². The molecule has 0 bridgehead atoms. The van der Waals surface area contributed by atoms with Gasteiger partial charge in [0.2, 0.25) is 0 Å². The third-order valence-corrected chi connectivity index (χ3v) is 5.34. The van der Waals surface area contributed by atoms with Crippen molar-refractivity contribution in [3.05, 3.63) is 41.9 Å². The molecule has 1 aliphatic rings. The minimum Gasteiger partial charge on any atom is -0.462 e. The lowest BCUT2D eigenvalue weighted by molar-refractivity contribution is 0.423. The van der Waals surface area contributed by atoms with E-state index in [9.17, 15) is 0 Å². The van der Waals surface area contributed by atoms with Gasteiger partial charge in [0.25, 0.3) is 0 Å². The van der Waals surface area contributed by atoms with Gasteiger partial charge in [-0.05, 0) is 25.0 Å². The molecule has 0 amide bonds. The summed E-state index contributed by atoms with van der Waals surface area (Å²) in [4.78, 5) is 8.10. The SMILES string of the molecule is Cn1cc(N2CCCC(NCc3cnc(-c4ccco4)s3)C2)cn1. The molecule has 1 unspecified atom stereocenters. The number of rotatable bonds is 5. The van der Waals surface area contributed by atoms with Crippen LogP contribution in [0.25, 0.3) is 10.8 Å². The van der Waals surface area contributed by atoms with Gasteiger partial charge in [-0.1, -0.05) is 0 Å². The van der Waals surface area contributed by atoms with Crippen LogP contribution in [0.15, 0.2) is 41.4 Å². The summed E-state index contributed by atoms with van der Waals surface area (Å²) in [6.45, 7) is 2.98. The number of piperidine rings is 1. The van der Waals surface area contributed by atoms with Crippen LogP contribution < -0.4 is 10.2 Å². The number of hydrogen-bond acceptors (Lipinski definition) is 6. The number of furan rings is 1. The zero-order valence-electron chi connectivity index (χ0n) is 13.7. The van der Waals surface area contributed by atoms with Crippen molar-refractivity contribution in [3.8, 4) is 10.8 Å². The number of nitrogens with zero attached hydrogens (tertiary/aromatic N) is 4. The Morgan fingerprint density at radius 3 is 3.17 bits per heavy atom. The summed E-state index contributed by atoms with van der Waals surface area (Å²) in [5.41, 5.74) is 1.21. The summed E-state index contributed by atoms with van der Waals surface area (Å²) in [6, 6.07) is 4.33. The van der Waals surface area contributed by atoms with Crippen LogP contribution in [-0.4, -0.2) is 33.9 Å². The molecule has 0 radical (unpaired) electrons. The largest absolute Gasteiger partial charge is 0.462 e. The van der Waals surface area contributed by atoms with E-state index in [4.69, 9.17) is 4.42 Å². The molecule has 0 aromatic carbocycles. The Morgan fingerprint density at radius 2 is 2.38 bits per heavy atom. The summed E-state index contributed by atoms with van der Waals surface area (Å²) in [6.07, 6.45) is 10.1. The lowest BCUT2D eigenvalue weighted by Gasteiger charge is -2.33. The van der Waals surface area contributed by atoms with Gasteiger partial charge in [-0.2, -0.15) is 5.10 Å². The van der Waals surface area contributed by atoms with Crippen LogP contribution in [0.3, 0.4) is 0 Å². The molecule has 3 aromatic rings. The molecule has 1 fully saturated rings. The van der Waals surface area contributed by atoms with Gasteiger partial charge in [-0.25, -0.2) is 4.98 Å². The Morgan fingerprint density at radius 1 is 1.42 bits per heavy atom. The van der Waals surface area contributed by atoms with Crippen LogP contribution >= 0.6 is 11.3 Å². The summed E-state index contributed by atoms with van der Waals surface area (Å²) in [7, 11) is 1.96. The Balaban J connectivity index is 1.34. The number of thiazole rings is 1. The molecular weight excluding hydrogens is 322 g/mol. The Bertz CT molecular complexity index is 779. The lowest BCUT2D eigenvalue weighted by atomic mass is 10.1. The number of hydrogen-bond donors (Lipinski definition) is 1. The summed E-state index contributed by atoms with van der Waals surface area (Å²) >= 11 is 1.69. The third kappa shape index (κ3) is 3.37. The highest BCUT2D eigenvalue weighted by Gasteiger charge is 2.21. The van der Waals surface area contributed by atoms with E-state index < -0.39 is 0 Å². The molecule has 1 N–H and O–H groups in total. The number of nitrogens with one attached hydrogen (secondary N) is 1. The van der Waals surface area contributed by atoms with Gasteiger partial charge in [-0.3, -0.25) is 4.68 Å². The molecular formula is C17H21N5OS. The predicted octanol–water partition coefficient (Wildman–Crippen LogP) is 2.90. The van der Waals surface area contributed by atoms with Gasteiger partial charge in [0.05, 0.1) is 18.1 Å². The van der Waals surface area contributed by atoms with Gasteiger partial charge < -0.3 is 14.6 Å². The first-order valence-electron chi connectivity index (χ1n) is 8.23. The van der Waals surface area contributed by atoms with Crippen LogP contribution in [0.5, 0.6) is 0 Å². The normalized spacial score (nSPS) is 18.2. The topological polar surface area (TPSA) is 59.1 Å². The molecule has 4 rings (SSSR count). The van der Waals surface area contributed by atoms with E-state index in [-0.39, 0.29) is 0 Å². The van der Waals surface area contributed by atoms with Crippen LogP contribution in [0.4, 0.5) is 5.69 Å². The molecule has 126 valence electrons. The van der Waals surface area contributed by atoms with Crippen molar-refractivity contribution in [2.45, 2.75) is 25.4 Å². The first kappa shape index (κ1) is 15.4. The zero-order valence-corrected chi connectivity index (χ0v) is 14.5. The van der Waals surface area contributed by atoms with E-state index >= 15 is 0 Å². The lowest BCUT2D eigenvalue weighted by Crippen LogP contribution is -2.45. The maximum atomic E-state index is 5.41. The van der Waals surface area contributed by atoms with Crippen LogP contribution in [-0.2, 0) is 13.6 Å². The average molecular weight is 343 g/mol. The summed E-state index contributed by atoms with van der Waals surface area (Å²) in [5, 5.41) is 8.89. The molecule has 1 saturated heterocycles. The Labute approximate surface area is 145 Å². The van der Waals surface area contributed by atoms with E-state index in [0.29, 0.717) is 6.04 Å². The van der Waals surface area contributed by atoms with Gasteiger partial charge in [0.1, 0.15) is 0 Å². The van der Waals surface area contributed by atoms with Gasteiger partial charge in [0.15, 0.2) is 10.8 Å². The molecule has 3 aromatic heterocycles. The molecule has 1 atom stereocenters. The minimum absolute atomic E-state index is 0.494. The van der Waals surface area contributed by atoms with Gasteiger partial charge in [-0.15, -0.1) is 11.3 Å². The van der Waals surface area contributed by atoms with E-state index in [2.05, 4.69) is 26.5 Å². The first-order chi connectivity index (χ1) is 11.8. The van der Waals surface area contributed by atoms with E-state index in [0.717, 1.165) is 30.4 Å². The molecule has 0 aliphatic carbocycles. The fourth-order valence-electron chi connectivity index (χ4n) is 3.10. The number of aromatic nitrogens is 3. The first-order valence-corrected chi connectivity index (χ1v) is 9.05. The second-order valence-electron chi connectivity index (χ2n) is 6.15. The highest BCUT2D eigenvalue weighted by molar-refractivity contribution is 7.14. The Kier molecular flexibility index (Phi) is 4.36. The monoisotopic (exact) mass is 343 g/mol. The van der Waals surface area contributed by atoms with Crippen molar-refractivity contribution < 1.29 is 4.42 Å². The molecule has 1 aliphatic heterocycles. The van der Waals surface area contributed by atoms with Crippen molar-refractivity contribution in [1.82, 2.24) is 20.1 Å². The average Bonchev–Trinajstić information content (AvgIpc) is 3.34. The van der Waals surface area contributed by atoms with Gasteiger partial charge >= 0.3 is 0 Å². The number of anilines is 1. The van der Waals surface area contributed by atoms with Crippen molar-refractivity contribution in [1.29, 1.82) is 0 Å². The fourth-order valence-corrected chi connectivity index (χ4v) is 3.93. The highest BCUT2D eigenvalue weighted by Crippen LogP contribution is 2.25.